The molecule has 0 radical (unpaired) electrons. The van der Waals surface area contributed by atoms with Crippen molar-refractivity contribution in [2.75, 3.05) is 6.54 Å². The molecule has 16 heavy (non-hydrogen) atoms. The highest BCUT2D eigenvalue weighted by molar-refractivity contribution is 7.90. The van der Waals surface area contributed by atoms with E-state index in [4.69, 9.17) is 6.42 Å². The zero-order valence-corrected chi connectivity index (χ0v) is 9.29. The Morgan fingerprint density at radius 2 is 2.12 bits per heavy atom. The predicted octanol–water partition coefficient (Wildman–Crippen LogP) is 0.748. The summed E-state index contributed by atoms with van der Waals surface area (Å²) in [7, 11) is -3.42. The highest BCUT2D eigenvalue weighted by Crippen LogP contribution is 2.21. The fraction of sp³-hybridized carbons (Fsp3) is 0.182. The number of terminal acetylenes is 1. The van der Waals surface area contributed by atoms with Gasteiger partial charge >= 0.3 is 0 Å². The molecular weight excluding hydrogens is 224 g/mol. The van der Waals surface area contributed by atoms with E-state index in [1.165, 1.54) is 0 Å². The molecule has 0 bridgehead atoms. The smallest absolute Gasteiger partial charge is 0.263 e. The van der Waals surface area contributed by atoms with Crippen LogP contribution in [0.25, 0.3) is 0 Å². The number of rotatable bonds is 2. The minimum atomic E-state index is -3.42. The first-order valence-corrected chi connectivity index (χ1v) is 6.23. The Bertz CT molecular complexity index is 582. The highest BCUT2D eigenvalue weighted by Gasteiger charge is 2.29. The number of sulfonamides is 1. The molecule has 0 saturated heterocycles. The summed E-state index contributed by atoms with van der Waals surface area (Å²) < 4.78 is 25.7. The van der Waals surface area contributed by atoms with E-state index >= 15 is 0 Å². The van der Waals surface area contributed by atoms with Crippen LogP contribution in [0.2, 0.25) is 0 Å². The molecule has 0 fully saturated rings. The molecule has 1 N–H and O–H groups in total. The number of nitrogens with one attached hydrogen (secondary N) is 1. The fourth-order valence-corrected chi connectivity index (χ4v) is 2.73. The number of aliphatic imine (C=N–C) groups is 1. The molecular formula is C11H10N2O2S. The maximum absolute atomic E-state index is 11.7. The van der Waals surface area contributed by atoms with Crippen molar-refractivity contribution in [3.05, 3.63) is 29.8 Å². The Morgan fingerprint density at radius 1 is 1.38 bits per heavy atom. The molecule has 2 rings (SSSR count). The Labute approximate surface area is 94.5 Å². The molecule has 82 valence electrons. The van der Waals surface area contributed by atoms with Crippen LogP contribution in [0.5, 0.6) is 0 Å². The SMILES string of the molecule is C#CCCN=C1NS(=O)(=O)c2ccccc21. The molecule has 1 aromatic carbocycles. The van der Waals surface area contributed by atoms with Crippen LogP contribution in [0.4, 0.5) is 0 Å². The third kappa shape index (κ3) is 1.79. The monoisotopic (exact) mass is 234 g/mol. The van der Waals surface area contributed by atoms with E-state index in [0.717, 1.165) is 0 Å². The van der Waals surface area contributed by atoms with Crippen LogP contribution in [0.15, 0.2) is 34.2 Å². The second-order valence-corrected chi connectivity index (χ2v) is 4.94. The summed E-state index contributed by atoms with van der Waals surface area (Å²) in [4.78, 5) is 4.41. The van der Waals surface area contributed by atoms with Gasteiger partial charge in [-0.3, -0.25) is 9.71 Å². The first-order valence-electron chi connectivity index (χ1n) is 4.75. The molecule has 1 aromatic rings. The van der Waals surface area contributed by atoms with Crippen molar-refractivity contribution in [2.45, 2.75) is 11.3 Å². The van der Waals surface area contributed by atoms with Gasteiger partial charge in [0.2, 0.25) is 0 Å². The van der Waals surface area contributed by atoms with Gasteiger partial charge in [0, 0.05) is 12.0 Å². The lowest BCUT2D eigenvalue weighted by Crippen LogP contribution is -2.22. The van der Waals surface area contributed by atoms with Crippen molar-refractivity contribution in [1.82, 2.24) is 4.72 Å². The zero-order valence-electron chi connectivity index (χ0n) is 8.47. The van der Waals surface area contributed by atoms with Gasteiger partial charge in [0.25, 0.3) is 10.0 Å². The lowest BCUT2D eigenvalue weighted by Gasteiger charge is -1.96. The van der Waals surface area contributed by atoms with E-state index in [1.54, 1.807) is 24.3 Å². The zero-order chi connectivity index (χ0) is 11.6. The van der Waals surface area contributed by atoms with E-state index in [-0.39, 0.29) is 4.90 Å². The summed E-state index contributed by atoms with van der Waals surface area (Å²) in [6.07, 6.45) is 5.60. The van der Waals surface area contributed by atoms with E-state index < -0.39 is 10.0 Å². The van der Waals surface area contributed by atoms with E-state index in [0.29, 0.717) is 24.4 Å². The molecule has 4 nitrogen and oxygen atoms in total. The largest absolute Gasteiger partial charge is 0.266 e. The number of hydrogen-bond acceptors (Lipinski definition) is 3. The van der Waals surface area contributed by atoms with Crippen LogP contribution in [-0.2, 0) is 10.0 Å². The molecule has 1 heterocycles. The van der Waals surface area contributed by atoms with Gasteiger partial charge in [0.05, 0.1) is 11.4 Å². The highest BCUT2D eigenvalue weighted by atomic mass is 32.2. The normalized spacial score (nSPS) is 18.8. The number of nitrogens with zero attached hydrogens (tertiary/aromatic N) is 1. The van der Waals surface area contributed by atoms with Crippen molar-refractivity contribution >= 4 is 15.9 Å². The van der Waals surface area contributed by atoms with Gasteiger partial charge in [-0.2, -0.15) is 0 Å². The standard InChI is InChI=1S/C11H10N2O2S/c1-2-3-8-12-11-9-6-4-5-7-10(9)16(14,15)13-11/h1,4-7H,3,8H2,(H,12,13). The molecule has 1 aliphatic rings. The maximum atomic E-state index is 11.7. The van der Waals surface area contributed by atoms with E-state index in [9.17, 15) is 8.42 Å². The molecule has 0 unspecified atom stereocenters. The predicted molar refractivity (Wildman–Crippen MR) is 61.6 cm³/mol. The topological polar surface area (TPSA) is 58.5 Å². The van der Waals surface area contributed by atoms with E-state index in [1.807, 2.05) is 0 Å². The summed E-state index contributed by atoms with van der Waals surface area (Å²) in [6.45, 7) is 0.419. The van der Waals surface area contributed by atoms with Crippen LogP contribution in [0.1, 0.15) is 12.0 Å². The molecule has 0 atom stereocenters. The molecule has 5 heteroatoms. The first kappa shape index (κ1) is 10.7. The Hall–Kier alpha value is -1.80. The van der Waals surface area contributed by atoms with Gasteiger partial charge in [0.15, 0.2) is 0 Å². The van der Waals surface area contributed by atoms with Crippen LogP contribution < -0.4 is 4.72 Å². The van der Waals surface area contributed by atoms with Gasteiger partial charge in [-0.05, 0) is 12.1 Å². The van der Waals surface area contributed by atoms with Crippen molar-refractivity contribution in [2.24, 2.45) is 4.99 Å². The molecule has 0 aliphatic carbocycles. The van der Waals surface area contributed by atoms with Crippen molar-refractivity contribution < 1.29 is 8.42 Å². The van der Waals surface area contributed by atoms with Crippen LogP contribution in [0, 0.1) is 12.3 Å². The summed E-state index contributed by atoms with van der Waals surface area (Å²) >= 11 is 0. The van der Waals surface area contributed by atoms with Gasteiger partial charge < -0.3 is 0 Å². The van der Waals surface area contributed by atoms with Crippen LogP contribution >= 0.6 is 0 Å². The second kappa shape index (κ2) is 3.99. The van der Waals surface area contributed by atoms with Crippen molar-refractivity contribution in [3.63, 3.8) is 0 Å². The third-order valence-corrected chi connectivity index (χ3v) is 3.59. The van der Waals surface area contributed by atoms with Crippen LogP contribution in [-0.4, -0.2) is 20.8 Å². The maximum Gasteiger partial charge on any atom is 0.263 e. The van der Waals surface area contributed by atoms with Crippen LogP contribution in [0.3, 0.4) is 0 Å². The number of benzene rings is 1. The van der Waals surface area contributed by atoms with Crippen molar-refractivity contribution in [3.8, 4) is 12.3 Å². The molecule has 0 spiro atoms. The number of hydrogen-bond donors (Lipinski definition) is 1. The van der Waals surface area contributed by atoms with Gasteiger partial charge in [0.1, 0.15) is 5.84 Å². The molecule has 1 aliphatic heterocycles. The molecule has 0 amide bonds. The average Bonchev–Trinajstić information content (AvgIpc) is 2.52. The van der Waals surface area contributed by atoms with E-state index in [2.05, 4.69) is 15.6 Å². The second-order valence-electron chi connectivity index (χ2n) is 3.29. The average molecular weight is 234 g/mol. The lowest BCUT2D eigenvalue weighted by molar-refractivity contribution is 0.595. The van der Waals surface area contributed by atoms with Gasteiger partial charge in [-0.25, -0.2) is 8.42 Å². The summed E-state index contributed by atoms with van der Waals surface area (Å²) in [5.74, 6) is 2.83. The Kier molecular flexibility index (Phi) is 2.67. The minimum absolute atomic E-state index is 0.273. The Balaban J connectivity index is 2.42. The summed E-state index contributed by atoms with van der Waals surface area (Å²) in [5.41, 5.74) is 0.611. The van der Waals surface area contributed by atoms with Gasteiger partial charge in [-0.1, -0.05) is 12.1 Å². The summed E-state index contributed by atoms with van der Waals surface area (Å²) in [5, 5.41) is 0. The molecule has 0 aromatic heterocycles. The summed E-state index contributed by atoms with van der Waals surface area (Å²) in [6, 6.07) is 6.74. The third-order valence-electron chi connectivity index (χ3n) is 2.19. The number of fused-ring (bicyclic) bond motifs is 1. The molecule has 0 saturated carbocycles. The lowest BCUT2D eigenvalue weighted by atomic mass is 10.2. The van der Waals surface area contributed by atoms with Crippen molar-refractivity contribution in [1.29, 1.82) is 0 Å². The first-order chi connectivity index (χ1) is 7.65. The Morgan fingerprint density at radius 3 is 2.88 bits per heavy atom. The minimum Gasteiger partial charge on any atom is -0.266 e. The quantitative estimate of drug-likeness (QED) is 0.606. The van der Waals surface area contributed by atoms with Gasteiger partial charge in [-0.15, -0.1) is 12.3 Å². The fourth-order valence-electron chi connectivity index (χ4n) is 1.48. The number of amidine groups is 1.